The van der Waals surface area contributed by atoms with Crippen LogP contribution in [-0.2, 0) is 14.3 Å². The molecule has 0 saturated carbocycles. The van der Waals surface area contributed by atoms with E-state index in [2.05, 4.69) is 15.4 Å². The van der Waals surface area contributed by atoms with Crippen LogP contribution in [-0.4, -0.2) is 25.2 Å². The Kier molecular flexibility index (Phi) is 2.68. The molecule has 0 atom stereocenters. The third kappa shape index (κ3) is 1.75. The summed E-state index contributed by atoms with van der Waals surface area (Å²) in [5.41, 5.74) is 0.0168. The van der Waals surface area contributed by atoms with Crippen LogP contribution >= 0.6 is 0 Å². The van der Waals surface area contributed by atoms with Gasteiger partial charge < -0.3 is 15.4 Å². The molecule has 0 aromatic carbocycles. The standard InChI is InChI=1S/C7H10N2O3/c1-2-12-7(11)5-3-8-4-9-6(5)10/h3,8H,2,4H2,1H3,(H,9,10). The van der Waals surface area contributed by atoms with Gasteiger partial charge in [0.15, 0.2) is 0 Å². The summed E-state index contributed by atoms with van der Waals surface area (Å²) < 4.78 is 4.64. The van der Waals surface area contributed by atoms with Gasteiger partial charge in [0.25, 0.3) is 5.91 Å². The average Bonchev–Trinajstić information content (AvgIpc) is 2.05. The SMILES string of the molecule is CCOC(=O)C1=CNCNC1=O. The molecule has 5 nitrogen and oxygen atoms in total. The average molecular weight is 170 g/mol. The van der Waals surface area contributed by atoms with E-state index in [9.17, 15) is 9.59 Å². The number of nitrogens with one attached hydrogen (secondary N) is 2. The summed E-state index contributed by atoms with van der Waals surface area (Å²) in [6.07, 6.45) is 1.36. The van der Waals surface area contributed by atoms with Gasteiger partial charge in [0.1, 0.15) is 5.57 Å². The lowest BCUT2D eigenvalue weighted by molar-refractivity contribution is -0.140. The van der Waals surface area contributed by atoms with E-state index in [0.29, 0.717) is 6.67 Å². The molecule has 1 aliphatic heterocycles. The molecule has 0 spiro atoms. The number of hydrogen-bond acceptors (Lipinski definition) is 4. The first kappa shape index (κ1) is 8.58. The number of carbonyl (C=O) groups excluding carboxylic acids is 2. The number of rotatable bonds is 2. The van der Waals surface area contributed by atoms with Gasteiger partial charge in [-0.25, -0.2) is 4.79 Å². The first-order valence-electron chi connectivity index (χ1n) is 3.64. The van der Waals surface area contributed by atoms with Crippen molar-refractivity contribution in [2.24, 2.45) is 0 Å². The predicted octanol–water partition coefficient (Wildman–Crippen LogP) is -0.890. The largest absolute Gasteiger partial charge is 0.462 e. The fourth-order valence-electron chi connectivity index (χ4n) is 0.806. The highest BCUT2D eigenvalue weighted by Gasteiger charge is 2.21. The van der Waals surface area contributed by atoms with Gasteiger partial charge >= 0.3 is 5.97 Å². The Morgan fingerprint density at radius 2 is 2.50 bits per heavy atom. The highest BCUT2D eigenvalue weighted by Crippen LogP contribution is 1.99. The Morgan fingerprint density at radius 1 is 1.75 bits per heavy atom. The third-order valence-electron chi connectivity index (χ3n) is 1.34. The van der Waals surface area contributed by atoms with Crippen LogP contribution in [0.15, 0.2) is 11.8 Å². The number of carbonyl (C=O) groups is 2. The lowest BCUT2D eigenvalue weighted by Gasteiger charge is -2.13. The van der Waals surface area contributed by atoms with E-state index in [4.69, 9.17) is 0 Å². The van der Waals surface area contributed by atoms with Crippen LogP contribution < -0.4 is 10.6 Å². The second-order valence-corrected chi connectivity index (χ2v) is 2.17. The quantitative estimate of drug-likeness (QED) is 0.417. The molecule has 1 heterocycles. The first-order valence-corrected chi connectivity index (χ1v) is 3.64. The van der Waals surface area contributed by atoms with Crippen LogP contribution in [0, 0.1) is 0 Å². The minimum absolute atomic E-state index is 0.0168. The van der Waals surface area contributed by atoms with E-state index in [1.807, 2.05) is 0 Å². The molecule has 0 aromatic heterocycles. The molecule has 0 saturated heterocycles. The van der Waals surface area contributed by atoms with Crippen molar-refractivity contribution in [2.75, 3.05) is 13.3 Å². The van der Waals surface area contributed by atoms with Crippen molar-refractivity contribution in [3.8, 4) is 0 Å². The lowest BCUT2D eigenvalue weighted by atomic mass is 10.2. The van der Waals surface area contributed by atoms with Crippen molar-refractivity contribution in [1.29, 1.82) is 0 Å². The van der Waals surface area contributed by atoms with Gasteiger partial charge in [0, 0.05) is 6.20 Å². The molecule has 66 valence electrons. The molecule has 0 aliphatic carbocycles. The molecule has 0 fully saturated rings. The molecule has 1 amide bonds. The molecular formula is C7H10N2O3. The maximum absolute atomic E-state index is 11.0. The third-order valence-corrected chi connectivity index (χ3v) is 1.34. The Labute approximate surface area is 69.8 Å². The number of amides is 1. The number of esters is 1. The molecule has 0 unspecified atom stereocenters. The summed E-state index contributed by atoms with van der Waals surface area (Å²) in [6.45, 7) is 2.30. The maximum atomic E-state index is 11.0. The highest BCUT2D eigenvalue weighted by atomic mass is 16.5. The summed E-state index contributed by atoms with van der Waals surface area (Å²) >= 11 is 0. The predicted molar refractivity (Wildman–Crippen MR) is 40.9 cm³/mol. The van der Waals surface area contributed by atoms with Crippen molar-refractivity contribution in [1.82, 2.24) is 10.6 Å². The zero-order chi connectivity index (χ0) is 8.97. The van der Waals surface area contributed by atoms with Crippen molar-refractivity contribution in [3.63, 3.8) is 0 Å². The second-order valence-electron chi connectivity index (χ2n) is 2.17. The molecule has 12 heavy (non-hydrogen) atoms. The van der Waals surface area contributed by atoms with E-state index >= 15 is 0 Å². The van der Waals surface area contributed by atoms with Crippen LogP contribution in [0.25, 0.3) is 0 Å². The van der Waals surface area contributed by atoms with E-state index in [0.717, 1.165) is 0 Å². The van der Waals surface area contributed by atoms with Crippen LogP contribution in [0.5, 0.6) is 0 Å². The maximum Gasteiger partial charge on any atom is 0.345 e. The van der Waals surface area contributed by atoms with Gasteiger partial charge in [-0.15, -0.1) is 0 Å². The van der Waals surface area contributed by atoms with E-state index in [1.165, 1.54) is 6.20 Å². The topological polar surface area (TPSA) is 67.4 Å². The molecule has 1 aliphatic rings. The Hall–Kier alpha value is -1.52. The van der Waals surface area contributed by atoms with Crippen molar-refractivity contribution < 1.29 is 14.3 Å². The summed E-state index contributed by atoms with van der Waals surface area (Å²) in [5, 5.41) is 5.16. The van der Waals surface area contributed by atoms with Gasteiger partial charge in [0.2, 0.25) is 0 Å². The van der Waals surface area contributed by atoms with E-state index in [-0.39, 0.29) is 12.2 Å². The number of ether oxygens (including phenoxy) is 1. The van der Waals surface area contributed by atoms with E-state index in [1.54, 1.807) is 6.92 Å². The Morgan fingerprint density at radius 3 is 3.08 bits per heavy atom. The highest BCUT2D eigenvalue weighted by molar-refractivity contribution is 6.16. The second kappa shape index (κ2) is 3.75. The summed E-state index contributed by atoms with van der Waals surface area (Å²) in [6, 6.07) is 0. The summed E-state index contributed by atoms with van der Waals surface area (Å²) in [7, 11) is 0. The normalized spacial score (nSPS) is 15.8. The van der Waals surface area contributed by atoms with Gasteiger partial charge in [-0.05, 0) is 6.92 Å². The number of hydrogen-bond donors (Lipinski definition) is 2. The van der Waals surface area contributed by atoms with Crippen molar-refractivity contribution >= 4 is 11.9 Å². The zero-order valence-corrected chi connectivity index (χ0v) is 6.72. The molecular weight excluding hydrogens is 160 g/mol. The van der Waals surface area contributed by atoms with Gasteiger partial charge in [-0.1, -0.05) is 0 Å². The summed E-state index contributed by atoms with van der Waals surface area (Å²) in [4.78, 5) is 22.0. The van der Waals surface area contributed by atoms with Crippen LogP contribution in [0.1, 0.15) is 6.92 Å². The van der Waals surface area contributed by atoms with Gasteiger partial charge in [-0.3, -0.25) is 4.79 Å². The molecule has 0 aromatic rings. The van der Waals surface area contributed by atoms with Crippen LogP contribution in [0.4, 0.5) is 0 Å². The smallest absolute Gasteiger partial charge is 0.345 e. The lowest BCUT2D eigenvalue weighted by Crippen LogP contribution is -2.40. The Balaban J connectivity index is 2.65. The minimum Gasteiger partial charge on any atom is -0.462 e. The Bertz CT molecular complexity index is 235. The van der Waals surface area contributed by atoms with Crippen molar-refractivity contribution in [3.05, 3.63) is 11.8 Å². The van der Waals surface area contributed by atoms with Gasteiger partial charge in [-0.2, -0.15) is 0 Å². The molecule has 0 radical (unpaired) electrons. The molecule has 1 rings (SSSR count). The minimum atomic E-state index is -0.595. The monoisotopic (exact) mass is 170 g/mol. The zero-order valence-electron chi connectivity index (χ0n) is 6.72. The first-order chi connectivity index (χ1) is 5.75. The molecule has 5 heteroatoms. The molecule has 0 bridgehead atoms. The fourth-order valence-corrected chi connectivity index (χ4v) is 0.806. The van der Waals surface area contributed by atoms with Gasteiger partial charge in [0.05, 0.1) is 13.3 Å². The van der Waals surface area contributed by atoms with E-state index < -0.39 is 11.9 Å². The van der Waals surface area contributed by atoms with Crippen LogP contribution in [0.3, 0.4) is 0 Å². The summed E-state index contributed by atoms with van der Waals surface area (Å²) in [5.74, 6) is -0.991. The molecule has 2 N–H and O–H groups in total. The fraction of sp³-hybridized carbons (Fsp3) is 0.429. The van der Waals surface area contributed by atoms with Crippen LogP contribution in [0.2, 0.25) is 0 Å². The van der Waals surface area contributed by atoms with Crippen molar-refractivity contribution in [2.45, 2.75) is 6.92 Å².